The lowest BCUT2D eigenvalue weighted by Crippen LogP contribution is -2.49. The molecule has 21 heavy (non-hydrogen) atoms. The second kappa shape index (κ2) is 7.03. The summed E-state index contributed by atoms with van der Waals surface area (Å²) >= 11 is 0. The molecule has 1 aliphatic heterocycles. The maximum absolute atomic E-state index is 11.9. The number of nitrogens with one attached hydrogen (secondary N) is 1. The lowest BCUT2D eigenvalue weighted by atomic mass is 10.2. The number of nitro groups is 1. The van der Waals surface area contributed by atoms with Crippen molar-refractivity contribution in [1.82, 2.24) is 10.2 Å². The summed E-state index contributed by atoms with van der Waals surface area (Å²) in [4.78, 5) is 26.2. The van der Waals surface area contributed by atoms with Crippen molar-refractivity contribution in [3.8, 4) is 0 Å². The van der Waals surface area contributed by atoms with Gasteiger partial charge >= 0.3 is 0 Å². The average molecular weight is 292 g/mol. The van der Waals surface area contributed by atoms with Crippen LogP contribution < -0.4 is 10.2 Å². The molecule has 1 amide bonds. The molecule has 0 aliphatic carbocycles. The summed E-state index contributed by atoms with van der Waals surface area (Å²) in [6.07, 6.45) is 0.522. The van der Waals surface area contributed by atoms with Crippen LogP contribution in [0, 0.1) is 10.1 Å². The van der Waals surface area contributed by atoms with Gasteiger partial charge in [-0.25, -0.2) is 0 Å². The lowest BCUT2D eigenvalue weighted by molar-refractivity contribution is -0.384. The number of carbonyl (C=O) groups is 1. The fraction of sp³-hybridized carbons (Fsp3) is 0.500. The zero-order valence-corrected chi connectivity index (χ0v) is 12.1. The first-order valence-electron chi connectivity index (χ1n) is 7.03. The molecule has 114 valence electrons. The fourth-order valence-electron chi connectivity index (χ4n) is 2.39. The molecular weight excluding hydrogens is 272 g/mol. The largest absolute Gasteiger partial charge is 0.368 e. The van der Waals surface area contributed by atoms with E-state index in [9.17, 15) is 14.9 Å². The number of benzene rings is 1. The quantitative estimate of drug-likeness (QED) is 0.643. The monoisotopic (exact) mass is 292 g/mol. The van der Waals surface area contributed by atoms with Crippen LogP contribution in [0.4, 0.5) is 11.4 Å². The fourth-order valence-corrected chi connectivity index (χ4v) is 2.39. The van der Waals surface area contributed by atoms with Crippen molar-refractivity contribution < 1.29 is 9.72 Å². The number of anilines is 1. The minimum absolute atomic E-state index is 0.0969. The van der Waals surface area contributed by atoms with Gasteiger partial charge < -0.3 is 15.1 Å². The van der Waals surface area contributed by atoms with Gasteiger partial charge in [0.15, 0.2) is 0 Å². The van der Waals surface area contributed by atoms with E-state index in [4.69, 9.17) is 0 Å². The van der Waals surface area contributed by atoms with Crippen LogP contribution in [0.25, 0.3) is 0 Å². The van der Waals surface area contributed by atoms with E-state index in [1.54, 1.807) is 12.1 Å². The molecule has 1 fully saturated rings. The summed E-state index contributed by atoms with van der Waals surface area (Å²) in [6, 6.07) is 6.55. The average Bonchev–Trinajstić information content (AvgIpc) is 2.53. The van der Waals surface area contributed by atoms with Crippen LogP contribution in [0.5, 0.6) is 0 Å². The summed E-state index contributed by atoms with van der Waals surface area (Å²) in [5.74, 6) is 0.174. The van der Waals surface area contributed by atoms with Gasteiger partial charge in [0.2, 0.25) is 5.91 Å². The maximum atomic E-state index is 11.9. The first-order valence-corrected chi connectivity index (χ1v) is 7.03. The molecule has 7 nitrogen and oxygen atoms in total. The Morgan fingerprint density at radius 1 is 1.24 bits per heavy atom. The molecule has 0 radical (unpaired) electrons. The lowest BCUT2D eigenvalue weighted by Gasteiger charge is -2.36. The topological polar surface area (TPSA) is 78.7 Å². The second-order valence-electron chi connectivity index (χ2n) is 4.99. The molecule has 0 spiro atoms. The number of nitrogens with zero attached hydrogens (tertiary/aromatic N) is 3. The molecule has 0 aromatic heterocycles. The van der Waals surface area contributed by atoms with E-state index >= 15 is 0 Å². The highest BCUT2D eigenvalue weighted by Crippen LogP contribution is 2.20. The van der Waals surface area contributed by atoms with Gasteiger partial charge in [0, 0.05) is 57.0 Å². The van der Waals surface area contributed by atoms with Crippen LogP contribution in [-0.4, -0.2) is 55.5 Å². The van der Waals surface area contributed by atoms with Gasteiger partial charge in [0.1, 0.15) is 0 Å². The van der Waals surface area contributed by atoms with Crippen LogP contribution in [0.3, 0.4) is 0 Å². The second-order valence-corrected chi connectivity index (χ2v) is 4.99. The Kier molecular flexibility index (Phi) is 5.10. The highest BCUT2D eigenvalue weighted by atomic mass is 16.6. The Hall–Kier alpha value is -2.15. The predicted octanol–water partition coefficient (Wildman–Crippen LogP) is 0.853. The van der Waals surface area contributed by atoms with Crippen molar-refractivity contribution >= 4 is 17.3 Å². The van der Waals surface area contributed by atoms with Crippen molar-refractivity contribution in [3.05, 3.63) is 34.4 Å². The Morgan fingerprint density at radius 2 is 1.86 bits per heavy atom. The van der Waals surface area contributed by atoms with Crippen LogP contribution in [0.15, 0.2) is 24.3 Å². The zero-order valence-electron chi connectivity index (χ0n) is 12.1. The molecule has 1 aromatic carbocycles. The third kappa shape index (κ3) is 3.91. The minimum Gasteiger partial charge on any atom is -0.368 e. The summed E-state index contributed by atoms with van der Waals surface area (Å²) in [6.45, 7) is 3.59. The van der Waals surface area contributed by atoms with E-state index in [-0.39, 0.29) is 11.6 Å². The summed E-state index contributed by atoms with van der Waals surface area (Å²) < 4.78 is 0. The molecule has 0 bridgehead atoms. The standard InChI is InChI=1S/C14H20N4O3/c1-15-7-6-14(19)17-10-8-16(9-11-17)12-2-4-13(5-3-12)18(20)21/h2-5,15H,6-11H2,1H3. The van der Waals surface area contributed by atoms with E-state index in [2.05, 4.69) is 10.2 Å². The number of piperazine rings is 1. The van der Waals surface area contributed by atoms with Gasteiger partial charge in [0.05, 0.1) is 4.92 Å². The smallest absolute Gasteiger partial charge is 0.269 e. The van der Waals surface area contributed by atoms with Crippen LogP contribution in [0.2, 0.25) is 0 Å². The van der Waals surface area contributed by atoms with E-state index in [0.717, 1.165) is 18.8 Å². The Morgan fingerprint density at radius 3 is 2.38 bits per heavy atom. The summed E-state index contributed by atoms with van der Waals surface area (Å²) in [5.41, 5.74) is 1.06. The number of amides is 1. The molecular formula is C14H20N4O3. The minimum atomic E-state index is -0.401. The molecule has 1 saturated heterocycles. The third-order valence-electron chi connectivity index (χ3n) is 3.65. The summed E-state index contributed by atoms with van der Waals surface area (Å²) in [5, 5.41) is 13.6. The number of hydrogen-bond donors (Lipinski definition) is 1. The van der Waals surface area contributed by atoms with Gasteiger partial charge in [-0.15, -0.1) is 0 Å². The van der Waals surface area contributed by atoms with Crippen LogP contribution in [-0.2, 0) is 4.79 Å². The third-order valence-corrected chi connectivity index (χ3v) is 3.65. The van der Waals surface area contributed by atoms with Crippen molar-refractivity contribution in [2.24, 2.45) is 0 Å². The van der Waals surface area contributed by atoms with Crippen LogP contribution >= 0.6 is 0 Å². The Labute approximate surface area is 123 Å². The Bertz CT molecular complexity index is 495. The number of nitro benzene ring substituents is 1. The van der Waals surface area contributed by atoms with E-state index in [0.29, 0.717) is 26.1 Å². The van der Waals surface area contributed by atoms with E-state index in [1.165, 1.54) is 12.1 Å². The van der Waals surface area contributed by atoms with E-state index in [1.807, 2.05) is 11.9 Å². The molecule has 1 aromatic rings. The molecule has 1 N–H and O–H groups in total. The van der Waals surface area contributed by atoms with Gasteiger partial charge in [-0.05, 0) is 19.2 Å². The van der Waals surface area contributed by atoms with E-state index < -0.39 is 4.92 Å². The summed E-state index contributed by atoms with van der Waals surface area (Å²) in [7, 11) is 1.83. The van der Waals surface area contributed by atoms with Gasteiger partial charge in [-0.2, -0.15) is 0 Å². The molecule has 0 atom stereocenters. The van der Waals surface area contributed by atoms with Crippen LogP contribution in [0.1, 0.15) is 6.42 Å². The molecule has 2 rings (SSSR count). The van der Waals surface area contributed by atoms with Crippen molar-refractivity contribution in [2.45, 2.75) is 6.42 Å². The first-order chi connectivity index (χ1) is 10.1. The number of rotatable bonds is 5. The SMILES string of the molecule is CNCCC(=O)N1CCN(c2ccc([N+](=O)[O-])cc2)CC1. The maximum Gasteiger partial charge on any atom is 0.269 e. The van der Waals surface area contributed by atoms with Crippen molar-refractivity contribution in [2.75, 3.05) is 44.7 Å². The van der Waals surface area contributed by atoms with Crippen molar-refractivity contribution in [1.29, 1.82) is 0 Å². The van der Waals surface area contributed by atoms with Crippen molar-refractivity contribution in [3.63, 3.8) is 0 Å². The van der Waals surface area contributed by atoms with Gasteiger partial charge in [-0.3, -0.25) is 14.9 Å². The Balaban J connectivity index is 1.88. The number of carbonyl (C=O) groups excluding carboxylic acids is 1. The highest BCUT2D eigenvalue weighted by molar-refractivity contribution is 5.76. The number of hydrogen-bond acceptors (Lipinski definition) is 5. The predicted molar refractivity (Wildman–Crippen MR) is 80.4 cm³/mol. The highest BCUT2D eigenvalue weighted by Gasteiger charge is 2.21. The molecule has 0 saturated carbocycles. The normalized spacial score (nSPS) is 15.1. The molecule has 1 aliphatic rings. The van der Waals surface area contributed by atoms with Gasteiger partial charge in [-0.1, -0.05) is 0 Å². The zero-order chi connectivity index (χ0) is 15.2. The molecule has 7 heteroatoms. The van der Waals surface area contributed by atoms with Gasteiger partial charge in [0.25, 0.3) is 5.69 Å². The number of non-ortho nitro benzene ring substituents is 1. The first kappa shape index (κ1) is 15.2. The molecule has 1 heterocycles. The molecule has 0 unspecified atom stereocenters.